The van der Waals surface area contributed by atoms with Gasteiger partial charge < -0.3 is 19.9 Å². The van der Waals surface area contributed by atoms with Crippen LogP contribution in [0.1, 0.15) is 21.5 Å². The summed E-state index contributed by atoms with van der Waals surface area (Å²) in [6.07, 6.45) is 0. The number of hydrogen-bond acceptors (Lipinski definition) is 6. The number of ketones is 1. The Bertz CT molecular complexity index is 1150. The van der Waals surface area contributed by atoms with Crippen LogP contribution >= 0.6 is 0 Å². The molecule has 0 unspecified atom stereocenters. The molecule has 0 saturated carbocycles. The first-order chi connectivity index (χ1) is 14.3. The van der Waals surface area contributed by atoms with Gasteiger partial charge in [-0.25, -0.2) is 4.79 Å². The van der Waals surface area contributed by atoms with Gasteiger partial charge in [0.05, 0.1) is 7.11 Å². The molecule has 0 radical (unpaired) electrons. The Morgan fingerprint density at radius 3 is 2.30 bits per heavy atom. The van der Waals surface area contributed by atoms with Gasteiger partial charge in [0.1, 0.15) is 17.2 Å². The normalized spacial score (nSPS) is 10.5. The monoisotopic (exact) mass is 407 g/mol. The number of amides is 1. The molecule has 3 aromatic carbocycles. The van der Waals surface area contributed by atoms with Gasteiger partial charge in [-0.15, -0.1) is 0 Å². The summed E-state index contributed by atoms with van der Waals surface area (Å²) in [7, 11) is 1.24. The van der Waals surface area contributed by atoms with Crippen LogP contribution in [-0.2, 0) is 14.3 Å². The molecule has 154 valence electrons. The lowest BCUT2D eigenvalue weighted by molar-refractivity contribution is -0.142. The fraction of sp³-hybridized carbons (Fsp3) is 0.174. The second-order valence-corrected chi connectivity index (χ2v) is 6.65. The summed E-state index contributed by atoms with van der Waals surface area (Å²) in [5.74, 6) is -1.20. The van der Waals surface area contributed by atoms with Gasteiger partial charge in [0.25, 0.3) is 11.7 Å². The maximum atomic E-state index is 12.4. The van der Waals surface area contributed by atoms with E-state index in [0.717, 1.165) is 11.1 Å². The molecule has 0 spiro atoms. The van der Waals surface area contributed by atoms with E-state index in [-0.39, 0.29) is 17.9 Å². The predicted octanol–water partition coefficient (Wildman–Crippen LogP) is 3.47. The van der Waals surface area contributed by atoms with Gasteiger partial charge in [0.2, 0.25) is 0 Å². The highest BCUT2D eigenvalue weighted by Gasteiger charge is 2.21. The fourth-order valence-corrected chi connectivity index (χ4v) is 3.03. The number of hydrogen-bond donors (Lipinski definition) is 1. The van der Waals surface area contributed by atoms with E-state index in [0.29, 0.717) is 22.3 Å². The van der Waals surface area contributed by atoms with E-state index in [9.17, 15) is 14.4 Å². The van der Waals surface area contributed by atoms with E-state index in [2.05, 4.69) is 4.74 Å². The van der Waals surface area contributed by atoms with Crippen LogP contribution in [0.25, 0.3) is 10.8 Å². The Labute approximate surface area is 173 Å². The number of aryl methyl sites for hydroxylation is 1. The van der Waals surface area contributed by atoms with Crippen LogP contribution in [-0.4, -0.2) is 31.4 Å². The summed E-state index contributed by atoms with van der Waals surface area (Å²) in [4.78, 5) is 35.5. The third-order valence-electron chi connectivity index (χ3n) is 4.78. The summed E-state index contributed by atoms with van der Waals surface area (Å²) in [6, 6.07) is 13.8. The van der Waals surface area contributed by atoms with E-state index in [4.69, 9.17) is 15.2 Å². The number of fused-ring (bicyclic) bond motifs is 1. The summed E-state index contributed by atoms with van der Waals surface area (Å²) in [5, 5.41) is 0.860. The number of ether oxygens (including phenoxy) is 3. The number of benzene rings is 3. The van der Waals surface area contributed by atoms with Crippen molar-refractivity contribution in [2.24, 2.45) is 5.73 Å². The standard InChI is InChI=1S/C23H21NO6/c1-13-6-4-8-17(14(13)2)30-18-11-10-16(22(26)23(24)27)21-15(18)7-5-9-19(21)29-12-20(25)28-3/h4-11H,12H2,1-3H3,(H2,24,27). The van der Waals surface area contributed by atoms with Crippen molar-refractivity contribution < 1.29 is 28.6 Å². The molecule has 7 nitrogen and oxygen atoms in total. The van der Waals surface area contributed by atoms with Crippen LogP contribution in [0, 0.1) is 13.8 Å². The van der Waals surface area contributed by atoms with Crippen molar-refractivity contribution >= 4 is 28.4 Å². The Morgan fingerprint density at radius 1 is 0.900 bits per heavy atom. The van der Waals surface area contributed by atoms with Crippen LogP contribution < -0.4 is 15.2 Å². The molecule has 0 aliphatic rings. The van der Waals surface area contributed by atoms with E-state index in [1.165, 1.54) is 13.2 Å². The number of carbonyl (C=O) groups is 3. The second kappa shape index (κ2) is 8.65. The molecule has 0 aliphatic carbocycles. The minimum Gasteiger partial charge on any atom is -0.481 e. The fourth-order valence-electron chi connectivity index (χ4n) is 3.03. The Hall–Kier alpha value is -3.87. The van der Waals surface area contributed by atoms with Gasteiger partial charge in [-0.05, 0) is 49.2 Å². The number of carbonyl (C=O) groups excluding carboxylic acids is 3. The largest absolute Gasteiger partial charge is 0.481 e. The number of primary amides is 1. The highest BCUT2D eigenvalue weighted by Crippen LogP contribution is 2.38. The van der Waals surface area contributed by atoms with Crippen LogP contribution in [0.4, 0.5) is 0 Å². The van der Waals surface area contributed by atoms with Crippen LogP contribution in [0.2, 0.25) is 0 Å². The molecule has 3 aromatic rings. The lowest BCUT2D eigenvalue weighted by Gasteiger charge is -2.16. The lowest BCUT2D eigenvalue weighted by Crippen LogP contribution is -2.23. The second-order valence-electron chi connectivity index (χ2n) is 6.65. The molecule has 0 aliphatic heterocycles. The maximum Gasteiger partial charge on any atom is 0.343 e. The molecular formula is C23H21NO6. The van der Waals surface area contributed by atoms with Crippen molar-refractivity contribution in [2.75, 3.05) is 13.7 Å². The van der Waals surface area contributed by atoms with Crippen molar-refractivity contribution in [1.29, 1.82) is 0 Å². The number of methoxy groups -OCH3 is 1. The minimum atomic E-state index is -1.10. The molecule has 0 saturated heterocycles. The van der Waals surface area contributed by atoms with Gasteiger partial charge in [-0.3, -0.25) is 9.59 Å². The number of nitrogens with two attached hydrogens (primary N) is 1. The third-order valence-corrected chi connectivity index (χ3v) is 4.78. The molecule has 0 bridgehead atoms. The first kappa shape index (κ1) is 20.9. The third kappa shape index (κ3) is 4.10. The molecule has 7 heteroatoms. The average Bonchev–Trinajstić information content (AvgIpc) is 2.74. The Balaban J connectivity index is 2.17. The zero-order valence-corrected chi connectivity index (χ0v) is 16.9. The topological polar surface area (TPSA) is 105 Å². The Kier molecular flexibility index (Phi) is 6.01. The molecule has 30 heavy (non-hydrogen) atoms. The molecule has 0 atom stereocenters. The quantitative estimate of drug-likeness (QED) is 0.365. The Morgan fingerprint density at radius 2 is 1.60 bits per heavy atom. The summed E-state index contributed by atoms with van der Waals surface area (Å²) < 4.78 is 16.3. The highest BCUT2D eigenvalue weighted by atomic mass is 16.6. The maximum absolute atomic E-state index is 12.4. The summed E-state index contributed by atoms with van der Waals surface area (Å²) in [5.41, 5.74) is 7.32. The van der Waals surface area contributed by atoms with E-state index >= 15 is 0 Å². The van der Waals surface area contributed by atoms with Gasteiger partial charge in [-0.1, -0.05) is 24.3 Å². The van der Waals surface area contributed by atoms with Crippen molar-refractivity contribution in [3.8, 4) is 17.2 Å². The van der Waals surface area contributed by atoms with Crippen LogP contribution in [0.15, 0.2) is 48.5 Å². The van der Waals surface area contributed by atoms with Gasteiger partial charge in [0, 0.05) is 16.3 Å². The number of esters is 1. The van der Waals surface area contributed by atoms with Crippen LogP contribution in [0.3, 0.4) is 0 Å². The smallest absolute Gasteiger partial charge is 0.343 e. The minimum absolute atomic E-state index is 0.0614. The van der Waals surface area contributed by atoms with Gasteiger partial charge in [-0.2, -0.15) is 0 Å². The zero-order chi connectivity index (χ0) is 21.8. The van der Waals surface area contributed by atoms with Crippen molar-refractivity contribution in [3.05, 3.63) is 65.2 Å². The molecular weight excluding hydrogens is 386 g/mol. The SMILES string of the molecule is COC(=O)COc1cccc2c(Oc3cccc(C)c3C)ccc(C(=O)C(N)=O)c12. The van der Waals surface area contributed by atoms with Crippen LogP contribution in [0.5, 0.6) is 17.2 Å². The molecule has 0 aromatic heterocycles. The number of rotatable bonds is 7. The summed E-state index contributed by atoms with van der Waals surface area (Å²) in [6.45, 7) is 3.57. The highest BCUT2D eigenvalue weighted by molar-refractivity contribution is 6.44. The first-order valence-electron chi connectivity index (χ1n) is 9.17. The lowest BCUT2D eigenvalue weighted by atomic mass is 9.99. The number of Topliss-reactive ketones (excluding diaryl/α,β-unsaturated/α-hetero) is 1. The first-order valence-corrected chi connectivity index (χ1v) is 9.17. The average molecular weight is 407 g/mol. The molecule has 0 heterocycles. The molecule has 2 N–H and O–H groups in total. The summed E-state index contributed by atoms with van der Waals surface area (Å²) >= 11 is 0. The van der Waals surface area contributed by atoms with Gasteiger partial charge >= 0.3 is 5.97 Å². The van der Waals surface area contributed by atoms with E-state index < -0.39 is 17.7 Å². The predicted molar refractivity (Wildman–Crippen MR) is 111 cm³/mol. The molecule has 0 fully saturated rings. The van der Waals surface area contributed by atoms with Crippen molar-refractivity contribution in [2.45, 2.75) is 13.8 Å². The van der Waals surface area contributed by atoms with E-state index in [1.54, 1.807) is 24.3 Å². The van der Waals surface area contributed by atoms with Gasteiger partial charge in [0.15, 0.2) is 6.61 Å². The zero-order valence-electron chi connectivity index (χ0n) is 16.9. The molecule has 3 rings (SSSR count). The van der Waals surface area contributed by atoms with Crippen molar-refractivity contribution in [3.63, 3.8) is 0 Å². The van der Waals surface area contributed by atoms with Crippen molar-refractivity contribution in [1.82, 2.24) is 0 Å². The molecule has 1 amide bonds. The van der Waals surface area contributed by atoms with E-state index in [1.807, 2.05) is 32.0 Å².